The second kappa shape index (κ2) is 12.1. The van der Waals surface area contributed by atoms with Gasteiger partial charge < -0.3 is 9.80 Å². The Balaban J connectivity index is 2.33. The van der Waals surface area contributed by atoms with E-state index in [0.29, 0.717) is 12.6 Å². The number of carbonyl (C=O) groups excluding carboxylic acids is 1. The van der Waals surface area contributed by atoms with Crippen LogP contribution in [0.4, 0.5) is 0 Å². The van der Waals surface area contributed by atoms with E-state index in [2.05, 4.69) is 32.0 Å². The largest absolute Gasteiger partial charge is 0.310 e. The molecule has 0 aliphatic carbocycles. The molecule has 0 spiro atoms. The van der Waals surface area contributed by atoms with Gasteiger partial charge in [-0.15, -0.1) is 23.5 Å². The lowest BCUT2D eigenvalue weighted by molar-refractivity contribution is -0.118. The van der Waals surface area contributed by atoms with E-state index in [9.17, 15) is 10.1 Å². The van der Waals surface area contributed by atoms with Gasteiger partial charge in [-0.2, -0.15) is 5.26 Å². The Hall–Kier alpha value is -0.380. The van der Waals surface area contributed by atoms with Crippen LogP contribution in [-0.2, 0) is 4.79 Å². The first-order valence-corrected chi connectivity index (χ1v) is 11.1. The molecule has 138 valence electrons. The lowest BCUT2D eigenvalue weighted by Gasteiger charge is -2.41. The molecule has 1 aliphatic heterocycles. The molecule has 0 radical (unpaired) electrons. The third kappa shape index (κ3) is 6.85. The predicted octanol–water partition coefficient (Wildman–Crippen LogP) is 4.17. The Morgan fingerprint density at radius 1 is 1.08 bits per heavy atom. The maximum absolute atomic E-state index is 11.6. The van der Waals surface area contributed by atoms with Crippen LogP contribution in [0.1, 0.15) is 58.3 Å². The fraction of sp³-hybridized carbons (Fsp3) is 0.889. The second-order valence-electron chi connectivity index (χ2n) is 6.71. The molecule has 0 unspecified atom stereocenters. The van der Waals surface area contributed by atoms with Gasteiger partial charge in [-0.1, -0.05) is 51.9 Å². The zero-order valence-electron chi connectivity index (χ0n) is 15.5. The first-order valence-electron chi connectivity index (χ1n) is 9.17. The fourth-order valence-corrected chi connectivity index (χ4v) is 6.07. The zero-order valence-corrected chi connectivity index (χ0v) is 17.1. The first-order chi connectivity index (χ1) is 11.6. The SMILES string of the molecule is CCCCCCCCCCN(C=O)C1(C#N)SCC(N(C)C)CS1. The van der Waals surface area contributed by atoms with Crippen molar-refractivity contribution in [1.82, 2.24) is 9.80 Å². The maximum Gasteiger partial charge on any atom is 0.224 e. The van der Waals surface area contributed by atoms with Crippen molar-refractivity contribution in [3.8, 4) is 6.07 Å². The van der Waals surface area contributed by atoms with Gasteiger partial charge >= 0.3 is 0 Å². The Bertz CT molecular complexity index is 390. The minimum absolute atomic E-state index is 0.470. The summed E-state index contributed by atoms with van der Waals surface area (Å²) in [6, 6.07) is 2.88. The number of hydrogen-bond donors (Lipinski definition) is 0. The molecule has 1 saturated heterocycles. The monoisotopic (exact) mass is 371 g/mol. The molecule has 1 heterocycles. The summed E-state index contributed by atoms with van der Waals surface area (Å²) in [6.45, 7) is 2.93. The molecule has 1 amide bonds. The van der Waals surface area contributed by atoms with Gasteiger partial charge in [0.15, 0.2) is 0 Å². The smallest absolute Gasteiger partial charge is 0.224 e. The van der Waals surface area contributed by atoms with E-state index in [1.807, 2.05) is 0 Å². The highest BCUT2D eigenvalue weighted by Gasteiger charge is 2.42. The van der Waals surface area contributed by atoms with Gasteiger partial charge in [0.1, 0.15) is 6.07 Å². The van der Waals surface area contributed by atoms with Gasteiger partial charge in [-0.05, 0) is 20.5 Å². The predicted molar refractivity (Wildman–Crippen MR) is 106 cm³/mol. The van der Waals surface area contributed by atoms with Crippen molar-refractivity contribution >= 4 is 29.9 Å². The molecule has 6 heteroatoms. The Morgan fingerprint density at radius 2 is 1.62 bits per heavy atom. The molecular formula is C18H33N3OS2. The Kier molecular flexibility index (Phi) is 10.9. The summed E-state index contributed by atoms with van der Waals surface area (Å²) in [6.07, 6.45) is 10.8. The summed E-state index contributed by atoms with van der Waals surface area (Å²) in [5.74, 6) is 1.80. The van der Waals surface area contributed by atoms with Crippen LogP contribution in [0.3, 0.4) is 0 Å². The van der Waals surface area contributed by atoms with Gasteiger partial charge in [0.05, 0.1) is 0 Å². The molecule has 1 aliphatic rings. The molecule has 1 rings (SSSR count). The number of unbranched alkanes of at least 4 members (excludes halogenated alkanes) is 7. The molecule has 0 aromatic carbocycles. The molecule has 1 fully saturated rings. The van der Waals surface area contributed by atoms with Crippen molar-refractivity contribution in [2.45, 2.75) is 68.5 Å². The standard InChI is InChI=1S/C18H33N3OS2/c1-4-5-6-7-8-9-10-11-12-21(16-22)18(15-19)23-13-17(14-24-18)20(2)3/h16-17H,4-14H2,1-3H3. The van der Waals surface area contributed by atoms with Crippen LogP contribution in [0.2, 0.25) is 0 Å². The number of nitriles is 1. The highest BCUT2D eigenvalue weighted by atomic mass is 32.2. The van der Waals surface area contributed by atoms with Crippen molar-refractivity contribution in [3.05, 3.63) is 0 Å². The zero-order chi connectivity index (χ0) is 17.8. The highest BCUT2D eigenvalue weighted by Crippen LogP contribution is 2.44. The van der Waals surface area contributed by atoms with Crippen LogP contribution in [0.25, 0.3) is 0 Å². The van der Waals surface area contributed by atoms with Gasteiger partial charge in [-0.25, -0.2) is 0 Å². The average Bonchev–Trinajstić information content (AvgIpc) is 2.60. The van der Waals surface area contributed by atoms with Crippen LogP contribution in [0, 0.1) is 11.3 Å². The minimum atomic E-state index is -0.727. The van der Waals surface area contributed by atoms with Crippen LogP contribution >= 0.6 is 23.5 Å². The number of nitrogens with zero attached hydrogens (tertiary/aromatic N) is 3. The molecule has 0 N–H and O–H groups in total. The average molecular weight is 372 g/mol. The van der Waals surface area contributed by atoms with Gasteiger partial charge in [0.2, 0.25) is 10.6 Å². The molecule has 4 nitrogen and oxygen atoms in total. The van der Waals surface area contributed by atoms with E-state index in [4.69, 9.17) is 0 Å². The normalized spacial score (nSPS) is 23.9. The number of thioether (sulfide) groups is 2. The van der Waals surface area contributed by atoms with E-state index in [1.165, 1.54) is 38.5 Å². The third-order valence-corrected chi connectivity index (χ3v) is 7.82. The molecular weight excluding hydrogens is 338 g/mol. The summed E-state index contributed by atoms with van der Waals surface area (Å²) >= 11 is 3.22. The van der Waals surface area contributed by atoms with Crippen LogP contribution in [0.5, 0.6) is 0 Å². The number of hydrogen-bond acceptors (Lipinski definition) is 5. The quantitative estimate of drug-likeness (QED) is 0.380. The van der Waals surface area contributed by atoms with Gasteiger partial charge in [0, 0.05) is 24.1 Å². The van der Waals surface area contributed by atoms with Crippen molar-refractivity contribution in [1.29, 1.82) is 5.26 Å². The van der Waals surface area contributed by atoms with E-state index in [1.54, 1.807) is 28.4 Å². The number of carbonyl (C=O) groups is 1. The molecule has 0 aromatic heterocycles. The topological polar surface area (TPSA) is 47.3 Å². The highest BCUT2D eigenvalue weighted by molar-refractivity contribution is 8.19. The van der Waals surface area contributed by atoms with E-state index in [-0.39, 0.29) is 0 Å². The van der Waals surface area contributed by atoms with E-state index >= 15 is 0 Å². The van der Waals surface area contributed by atoms with Crippen molar-refractivity contribution in [3.63, 3.8) is 0 Å². The molecule has 0 aromatic rings. The summed E-state index contributed by atoms with van der Waals surface area (Å²) in [7, 11) is 4.15. The van der Waals surface area contributed by atoms with Crippen LogP contribution in [0.15, 0.2) is 0 Å². The maximum atomic E-state index is 11.6. The van der Waals surface area contributed by atoms with Crippen LogP contribution in [-0.4, -0.2) is 58.6 Å². The van der Waals surface area contributed by atoms with E-state index in [0.717, 1.165) is 30.8 Å². The lowest BCUT2D eigenvalue weighted by Crippen LogP contribution is -2.48. The Labute approximate surface area is 156 Å². The number of rotatable bonds is 12. The molecule has 0 saturated carbocycles. The number of amides is 1. The molecule has 24 heavy (non-hydrogen) atoms. The fourth-order valence-electron chi connectivity index (χ4n) is 2.79. The molecule has 0 atom stereocenters. The van der Waals surface area contributed by atoms with E-state index < -0.39 is 4.20 Å². The first kappa shape index (κ1) is 21.7. The Morgan fingerprint density at radius 3 is 2.08 bits per heavy atom. The summed E-state index contributed by atoms with van der Waals surface area (Å²) in [4.78, 5) is 15.5. The summed E-state index contributed by atoms with van der Waals surface area (Å²) in [5, 5.41) is 9.69. The minimum Gasteiger partial charge on any atom is -0.310 e. The van der Waals surface area contributed by atoms with Crippen LogP contribution < -0.4 is 0 Å². The second-order valence-corrected chi connectivity index (χ2v) is 9.39. The van der Waals surface area contributed by atoms with Crippen molar-refractivity contribution in [2.75, 3.05) is 32.1 Å². The molecule has 0 bridgehead atoms. The van der Waals surface area contributed by atoms with Gasteiger partial charge in [-0.3, -0.25) is 4.79 Å². The van der Waals surface area contributed by atoms with Gasteiger partial charge in [0.25, 0.3) is 0 Å². The van der Waals surface area contributed by atoms with Crippen molar-refractivity contribution < 1.29 is 4.79 Å². The van der Waals surface area contributed by atoms with Crippen molar-refractivity contribution in [2.24, 2.45) is 0 Å². The third-order valence-electron chi connectivity index (χ3n) is 4.57. The summed E-state index contributed by atoms with van der Waals surface area (Å²) in [5.41, 5.74) is 0. The summed E-state index contributed by atoms with van der Waals surface area (Å²) < 4.78 is -0.727. The lowest BCUT2D eigenvalue weighted by atomic mass is 10.1.